The lowest BCUT2D eigenvalue weighted by Crippen LogP contribution is -1.91. The van der Waals surface area contributed by atoms with Gasteiger partial charge in [-0.25, -0.2) is 0 Å². The Labute approximate surface area is 121 Å². The van der Waals surface area contributed by atoms with E-state index in [1.165, 1.54) is 0 Å². The van der Waals surface area contributed by atoms with Crippen LogP contribution in [0.4, 0.5) is 17.1 Å². The zero-order chi connectivity index (χ0) is 14.8. The molecule has 6 heteroatoms. The zero-order valence-electron chi connectivity index (χ0n) is 11.5. The normalized spacial score (nSPS) is 10.5. The number of nitrogens with one attached hydrogen (secondary N) is 1. The topological polar surface area (TPSA) is 103 Å². The molecule has 106 valence electrons. The van der Waals surface area contributed by atoms with Crippen LogP contribution >= 0.6 is 0 Å². The average Bonchev–Trinajstić information content (AvgIpc) is 2.96. The van der Waals surface area contributed by atoms with E-state index in [9.17, 15) is 0 Å². The summed E-state index contributed by atoms with van der Waals surface area (Å²) in [5, 5.41) is 11.2. The molecule has 6 nitrogen and oxygen atoms in total. The summed E-state index contributed by atoms with van der Waals surface area (Å²) in [6.45, 7) is 0. The van der Waals surface area contributed by atoms with Crippen LogP contribution in [0.1, 0.15) is 0 Å². The van der Waals surface area contributed by atoms with Gasteiger partial charge in [-0.2, -0.15) is 0 Å². The molecule has 0 saturated carbocycles. The van der Waals surface area contributed by atoms with E-state index in [-0.39, 0.29) is 0 Å². The molecule has 3 rings (SSSR count). The third-order valence-corrected chi connectivity index (χ3v) is 3.07. The van der Waals surface area contributed by atoms with E-state index in [1.807, 2.05) is 31.3 Å². The molecule has 0 fully saturated rings. The average molecular weight is 281 g/mol. The Morgan fingerprint density at radius 2 is 1.43 bits per heavy atom. The summed E-state index contributed by atoms with van der Waals surface area (Å²) in [7, 11) is 1.87. The van der Waals surface area contributed by atoms with Crippen molar-refractivity contribution in [2.24, 2.45) is 0 Å². The van der Waals surface area contributed by atoms with Crippen LogP contribution < -0.4 is 16.8 Å². The van der Waals surface area contributed by atoms with Crippen LogP contribution in [-0.4, -0.2) is 17.2 Å². The Bertz CT molecular complexity index is 744. The zero-order valence-corrected chi connectivity index (χ0v) is 11.5. The van der Waals surface area contributed by atoms with Crippen molar-refractivity contribution in [2.75, 3.05) is 23.8 Å². The summed E-state index contributed by atoms with van der Waals surface area (Å²) in [6.07, 6.45) is 0. The molecule has 0 aliphatic heterocycles. The Balaban J connectivity index is 1.95. The number of rotatable bonds is 3. The summed E-state index contributed by atoms with van der Waals surface area (Å²) in [6, 6.07) is 12.9. The molecule has 0 atom stereocenters. The molecule has 3 aromatic rings. The molecule has 0 saturated heterocycles. The molecule has 21 heavy (non-hydrogen) atoms. The molecule has 0 spiro atoms. The Morgan fingerprint density at radius 3 is 2.00 bits per heavy atom. The SMILES string of the molecule is CNc1ccc(-c2nnc(-c3cc(N)cc(N)c3)o2)cc1. The molecule has 0 amide bonds. The van der Waals surface area contributed by atoms with Crippen molar-refractivity contribution in [3.8, 4) is 22.9 Å². The van der Waals surface area contributed by atoms with E-state index in [0.717, 1.165) is 11.3 Å². The van der Waals surface area contributed by atoms with Gasteiger partial charge in [0.15, 0.2) is 0 Å². The summed E-state index contributed by atoms with van der Waals surface area (Å²) in [5.41, 5.74) is 15.2. The summed E-state index contributed by atoms with van der Waals surface area (Å²) in [5.74, 6) is 0.843. The van der Waals surface area contributed by atoms with Crippen molar-refractivity contribution in [1.29, 1.82) is 0 Å². The van der Waals surface area contributed by atoms with Gasteiger partial charge >= 0.3 is 0 Å². The van der Waals surface area contributed by atoms with Crippen molar-refractivity contribution < 1.29 is 4.42 Å². The smallest absolute Gasteiger partial charge is 0.248 e. The van der Waals surface area contributed by atoms with E-state index in [4.69, 9.17) is 15.9 Å². The van der Waals surface area contributed by atoms with E-state index >= 15 is 0 Å². The van der Waals surface area contributed by atoms with Crippen LogP contribution in [0.2, 0.25) is 0 Å². The maximum atomic E-state index is 5.77. The summed E-state index contributed by atoms with van der Waals surface area (Å²) in [4.78, 5) is 0. The van der Waals surface area contributed by atoms with Gasteiger partial charge < -0.3 is 21.2 Å². The number of anilines is 3. The van der Waals surface area contributed by atoms with Gasteiger partial charge in [-0.3, -0.25) is 0 Å². The predicted octanol–water partition coefficient (Wildman–Crippen LogP) is 2.61. The Morgan fingerprint density at radius 1 is 0.857 bits per heavy atom. The second-order valence-electron chi connectivity index (χ2n) is 4.63. The quantitative estimate of drug-likeness (QED) is 0.638. The molecule has 0 radical (unpaired) electrons. The molecular weight excluding hydrogens is 266 g/mol. The molecule has 2 aromatic carbocycles. The minimum Gasteiger partial charge on any atom is -0.416 e. The highest BCUT2D eigenvalue weighted by Gasteiger charge is 2.11. The lowest BCUT2D eigenvalue weighted by molar-refractivity contribution is 0.584. The Kier molecular flexibility index (Phi) is 3.19. The van der Waals surface area contributed by atoms with E-state index < -0.39 is 0 Å². The Hall–Kier alpha value is -3.02. The van der Waals surface area contributed by atoms with Crippen LogP contribution in [0.15, 0.2) is 46.9 Å². The number of benzene rings is 2. The summed E-state index contributed by atoms with van der Waals surface area (Å²) < 4.78 is 5.69. The van der Waals surface area contributed by atoms with Crippen molar-refractivity contribution in [2.45, 2.75) is 0 Å². The monoisotopic (exact) mass is 281 g/mol. The molecule has 0 bridgehead atoms. The molecule has 0 aliphatic carbocycles. The number of nitrogen functional groups attached to an aromatic ring is 2. The minimum absolute atomic E-state index is 0.390. The van der Waals surface area contributed by atoms with Crippen molar-refractivity contribution in [1.82, 2.24) is 10.2 Å². The first-order valence-corrected chi connectivity index (χ1v) is 6.44. The molecule has 1 aromatic heterocycles. The first-order chi connectivity index (χ1) is 10.2. The first kappa shape index (κ1) is 13.0. The molecule has 0 aliphatic rings. The van der Waals surface area contributed by atoms with E-state index in [0.29, 0.717) is 28.7 Å². The minimum atomic E-state index is 0.390. The van der Waals surface area contributed by atoms with E-state index in [1.54, 1.807) is 18.2 Å². The summed E-state index contributed by atoms with van der Waals surface area (Å²) >= 11 is 0. The third kappa shape index (κ3) is 2.64. The number of hydrogen-bond acceptors (Lipinski definition) is 6. The van der Waals surface area contributed by atoms with Gasteiger partial charge in [0.25, 0.3) is 0 Å². The first-order valence-electron chi connectivity index (χ1n) is 6.44. The maximum Gasteiger partial charge on any atom is 0.248 e. The van der Waals surface area contributed by atoms with Gasteiger partial charge in [-0.15, -0.1) is 10.2 Å². The van der Waals surface area contributed by atoms with Crippen molar-refractivity contribution >= 4 is 17.1 Å². The highest BCUT2D eigenvalue weighted by molar-refractivity contribution is 5.68. The lowest BCUT2D eigenvalue weighted by atomic mass is 10.2. The van der Waals surface area contributed by atoms with Gasteiger partial charge in [0.2, 0.25) is 11.8 Å². The highest BCUT2D eigenvalue weighted by atomic mass is 16.4. The van der Waals surface area contributed by atoms with Gasteiger partial charge in [-0.05, 0) is 42.5 Å². The van der Waals surface area contributed by atoms with Crippen LogP contribution in [0.25, 0.3) is 22.9 Å². The predicted molar refractivity (Wildman–Crippen MR) is 83.5 cm³/mol. The third-order valence-electron chi connectivity index (χ3n) is 3.07. The molecular formula is C15H15N5O. The van der Waals surface area contributed by atoms with Gasteiger partial charge in [0, 0.05) is 35.2 Å². The van der Waals surface area contributed by atoms with Gasteiger partial charge in [-0.1, -0.05) is 0 Å². The number of aromatic nitrogens is 2. The number of hydrogen-bond donors (Lipinski definition) is 3. The van der Waals surface area contributed by atoms with Crippen molar-refractivity contribution in [3.63, 3.8) is 0 Å². The second-order valence-corrected chi connectivity index (χ2v) is 4.63. The molecule has 5 N–H and O–H groups in total. The van der Waals surface area contributed by atoms with Crippen LogP contribution in [0.3, 0.4) is 0 Å². The van der Waals surface area contributed by atoms with Crippen LogP contribution in [0.5, 0.6) is 0 Å². The fraction of sp³-hybridized carbons (Fsp3) is 0.0667. The largest absolute Gasteiger partial charge is 0.416 e. The standard InChI is InChI=1S/C15H15N5O/c1-18-13-4-2-9(3-5-13)14-19-20-15(21-14)10-6-11(16)8-12(17)7-10/h2-8,18H,16-17H2,1H3. The number of nitrogens with two attached hydrogens (primary N) is 2. The second kappa shape index (κ2) is 5.16. The maximum absolute atomic E-state index is 5.77. The molecule has 1 heterocycles. The van der Waals surface area contributed by atoms with Crippen molar-refractivity contribution in [3.05, 3.63) is 42.5 Å². The lowest BCUT2D eigenvalue weighted by Gasteiger charge is -2.01. The van der Waals surface area contributed by atoms with E-state index in [2.05, 4.69) is 15.5 Å². The molecule has 0 unspecified atom stereocenters. The van der Waals surface area contributed by atoms with Gasteiger partial charge in [0.05, 0.1) is 0 Å². The van der Waals surface area contributed by atoms with Gasteiger partial charge in [0.1, 0.15) is 0 Å². The fourth-order valence-electron chi connectivity index (χ4n) is 2.04. The highest BCUT2D eigenvalue weighted by Crippen LogP contribution is 2.27. The van der Waals surface area contributed by atoms with Crippen LogP contribution in [-0.2, 0) is 0 Å². The number of nitrogens with zero attached hydrogens (tertiary/aromatic N) is 2. The fourth-order valence-corrected chi connectivity index (χ4v) is 2.04. The van der Waals surface area contributed by atoms with Crippen LogP contribution in [0, 0.1) is 0 Å².